The highest BCUT2D eigenvalue weighted by Gasteiger charge is 2.10. The molecule has 108 valence electrons. The lowest BCUT2D eigenvalue weighted by Gasteiger charge is -2.14. The van der Waals surface area contributed by atoms with Gasteiger partial charge in [0, 0.05) is 22.2 Å². The predicted octanol–water partition coefficient (Wildman–Crippen LogP) is 4.34. The van der Waals surface area contributed by atoms with E-state index in [2.05, 4.69) is 31.2 Å². The number of benzene rings is 1. The third-order valence-electron chi connectivity index (χ3n) is 3.14. The maximum absolute atomic E-state index is 6.33. The van der Waals surface area contributed by atoms with Gasteiger partial charge in [-0.3, -0.25) is 0 Å². The molecule has 0 bridgehead atoms. The average molecular weight is 289 g/mol. The number of aryl methyl sites for hydroxylation is 1. The minimum atomic E-state index is 0.0223. The molecular formula is C17H23NOS. The van der Waals surface area contributed by atoms with Gasteiger partial charge < -0.3 is 10.5 Å². The first-order chi connectivity index (χ1) is 9.58. The minimum Gasteiger partial charge on any atom is -0.491 e. The van der Waals surface area contributed by atoms with E-state index in [-0.39, 0.29) is 12.1 Å². The Kier molecular flexibility index (Phi) is 5.21. The molecule has 0 spiro atoms. The van der Waals surface area contributed by atoms with Crippen molar-refractivity contribution in [2.75, 3.05) is 0 Å². The SMILES string of the molecule is CCc1ccc(CC(N)c2cccc(OC(C)C)c2)s1. The molecule has 2 rings (SSSR count). The van der Waals surface area contributed by atoms with Crippen LogP contribution in [-0.2, 0) is 12.8 Å². The monoisotopic (exact) mass is 289 g/mol. The van der Waals surface area contributed by atoms with E-state index in [1.54, 1.807) is 0 Å². The summed E-state index contributed by atoms with van der Waals surface area (Å²) in [6, 6.07) is 12.5. The van der Waals surface area contributed by atoms with Crippen LogP contribution in [0.1, 0.15) is 42.1 Å². The molecule has 1 heterocycles. The predicted molar refractivity (Wildman–Crippen MR) is 86.5 cm³/mol. The lowest BCUT2D eigenvalue weighted by atomic mass is 10.0. The Morgan fingerprint density at radius 1 is 1.15 bits per heavy atom. The summed E-state index contributed by atoms with van der Waals surface area (Å²) in [6.45, 7) is 6.25. The van der Waals surface area contributed by atoms with Crippen molar-refractivity contribution in [3.8, 4) is 5.75 Å². The van der Waals surface area contributed by atoms with E-state index in [4.69, 9.17) is 10.5 Å². The van der Waals surface area contributed by atoms with Gasteiger partial charge in [-0.15, -0.1) is 11.3 Å². The van der Waals surface area contributed by atoms with Gasteiger partial charge in [0.05, 0.1) is 6.10 Å². The molecule has 2 N–H and O–H groups in total. The maximum Gasteiger partial charge on any atom is 0.120 e. The Morgan fingerprint density at radius 3 is 2.55 bits per heavy atom. The van der Waals surface area contributed by atoms with Gasteiger partial charge in [-0.25, -0.2) is 0 Å². The second kappa shape index (κ2) is 6.91. The molecule has 0 amide bonds. The lowest BCUT2D eigenvalue weighted by molar-refractivity contribution is 0.242. The molecule has 0 fully saturated rings. The summed E-state index contributed by atoms with van der Waals surface area (Å²) in [4.78, 5) is 2.77. The molecule has 2 nitrogen and oxygen atoms in total. The first-order valence-electron chi connectivity index (χ1n) is 7.18. The molecule has 0 aliphatic carbocycles. The van der Waals surface area contributed by atoms with E-state index in [0.717, 1.165) is 24.2 Å². The third kappa shape index (κ3) is 4.09. The molecule has 0 saturated carbocycles. The standard InChI is InChI=1S/C17H23NOS/c1-4-15-8-9-16(20-15)11-17(18)13-6-5-7-14(10-13)19-12(2)3/h5-10,12,17H,4,11,18H2,1-3H3. The number of ether oxygens (including phenoxy) is 1. The first-order valence-corrected chi connectivity index (χ1v) is 8.00. The van der Waals surface area contributed by atoms with Crippen LogP contribution in [0.15, 0.2) is 36.4 Å². The first kappa shape index (κ1) is 15.1. The molecule has 3 heteroatoms. The zero-order chi connectivity index (χ0) is 14.5. The van der Waals surface area contributed by atoms with Crippen molar-refractivity contribution in [3.63, 3.8) is 0 Å². The Bertz CT molecular complexity index is 547. The Labute approximate surface area is 125 Å². The van der Waals surface area contributed by atoms with Crippen LogP contribution in [-0.4, -0.2) is 6.10 Å². The summed E-state index contributed by atoms with van der Waals surface area (Å²) in [6.07, 6.45) is 2.17. The fourth-order valence-electron chi connectivity index (χ4n) is 2.15. The van der Waals surface area contributed by atoms with E-state index < -0.39 is 0 Å². The molecule has 1 aromatic carbocycles. The van der Waals surface area contributed by atoms with Gasteiger partial charge >= 0.3 is 0 Å². The highest BCUT2D eigenvalue weighted by molar-refractivity contribution is 7.11. The van der Waals surface area contributed by atoms with Gasteiger partial charge in [0.2, 0.25) is 0 Å². The molecular weight excluding hydrogens is 266 g/mol. The summed E-state index contributed by atoms with van der Waals surface area (Å²) in [5, 5.41) is 0. The fourth-order valence-corrected chi connectivity index (χ4v) is 3.16. The summed E-state index contributed by atoms with van der Waals surface area (Å²) in [7, 11) is 0. The van der Waals surface area contributed by atoms with Crippen molar-refractivity contribution in [2.24, 2.45) is 5.73 Å². The third-order valence-corrected chi connectivity index (χ3v) is 4.40. The van der Waals surface area contributed by atoms with E-state index in [1.807, 2.05) is 37.3 Å². The van der Waals surface area contributed by atoms with Gasteiger partial charge in [-0.2, -0.15) is 0 Å². The van der Waals surface area contributed by atoms with Crippen LogP contribution in [0.5, 0.6) is 5.75 Å². The molecule has 0 aliphatic rings. The Balaban J connectivity index is 2.06. The van der Waals surface area contributed by atoms with Crippen molar-refractivity contribution in [2.45, 2.75) is 45.8 Å². The van der Waals surface area contributed by atoms with E-state index >= 15 is 0 Å². The van der Waals surface area contributed by atoms with Gasteiger partial charge in [0.15, 0.2) is 0 Å². The normalized spacial score (nSPS) is 12.7. The zero-order valence-electron chi connectivity index (χ0n) is 12.4. The van der Waals surface area contributed by atoms with Gasteiger partial charge in [0.25, 0.3) is 0 Å². The van der Waals surface area contributed by atoms with E-state index in [9.17, 15) is 0 Å². The van der Waals surface area contributed by atoms with Crippen LogP contribution >= 0.6 is 11.3 Å². The fraction of sp³-hybridized carbons (Fsp3) is 0.412. The molecule has 1 atom stereocenters. The molecule has 0 radical (unpaired) electrons. The van der Waals surface area contributed by atoms with E-state index in [1.165, 1.54) is 9.75 Å². The molecule has 0 aliphatic heterocycles. The number of hydrogen-bond donors (Lipinski definition) is 1. The molecule has 1 unspecified atom stereocenters. The largest absolute Gasteiger partial charge is 0.491 e. The molecule has 20 heavy (non-hydrogen) atoms. The number of hydrogen-bond acceptors (Lipinski definition) is 3. The highest BCUT2D eigenvalue weighted by atomic mass is 32.1. The number of nitrogens with two attached hydrogens (primary N) is 1. The van der Waals surface area contributed by atoms with Crippen LogP contribution in [0.25, 0.3) is 0 Å². The van der Waals surface area contributed by atoms with Crippen LogP contribution < -0.4 is 10.5 Å². The lowest BCUT2D eigenvalue weighted by Crippen LogP contribution is -2.13. The molecule has 0 saturated heterocycles. The van der Waals surface area contributed by atoms with Crippen molar-refractivity contribution in [1.29, 1.82) is 0 Å². The van der Waals surface area contributed by atoms with Crippen molar-refractivity contribution in [3.05, 3.63) is 51.7 Å². The summed E-state index contributed by atoms with van der Waals surface area (Å²) in [5.41, 5.74) is 7.46. The van der Waals surface area contributed by atoms with Crippen molar-refractivity contribution >= 4 is 11.3 Å². The Hall–Kier alpha value is -1.32. The average Bonchev–Trinajstić information content (AvgIpc) is 2.86. The number of thiophene rings is 1. The van der Waals surface area contributed by atoms with Gasteiger partial charge in [-0.05, 0) is 50.1 Å². The zero-order valence-corrected chi connectivity index (χ0v) is 13.2. The minimum absolute atomic E-state index is 0.0223. The smallest absolute Gasteiger partial charge is 0.120 e. The number of rotatable bonds is 6. The van der Waals surface area contributed by atoms with Crippen molar-refractivity contribution in [1.82, 2.24) is 0 Å². The summed E-state index contributed by atoms with van der Waals surface area (Å²) in [5.74, 6) is 0.897. The second-order valence-corrected chi connectivity index (χ2v) is 6.52. The van der Waals surface area contributed by atoms with Crippen molar-refractivity contribution < 1.29 is 4.74 Å². The molecule has 1 aromatic heterocycles. The Morgan fingerprint density at radius 2 is 1.90 bits per heavy atom. The maximum atomic E-state index is 6.33. The summed E-state index contributed by atoms with van der Waals surface area (Å²) < 4.78 is 5.72. The quantitative estimate of drug-likeness (QED) is 0.858. The van der Waals surface area contributed by atoms with Crippen LogP contribution in [0.4, 0.5) is 0 Å². The van der Waals surface area contributed by atoms with E-state index in [0.29, 0.717) is 0 Å². The topological polar surface area (TPSA) is 35.2 Å². The molecule has 2 aromatic rings. The van der Waals surface area contributed by atoms with Crippen LogP contribution in [0.3, 0.4) is 0 Å². The van der Waals surface area contributed by atoms with Crippen LogP contribution in [0.2, 0.25) is 0 Å². The summed E-state index contributed by atoms with van der Waals surface area (Å²) >= 11 is 1.86. The van der Waals surface area contributed by atoms with Crippen LogP contribution in [0, 0.1) is 0 Å². The van der Waals surface area contributed by atoms with Gasteiger partial charge in [0.1, 0.15) is 5.75 Å². The highest BCUT2D eigenvalue weighted by Crippen LogP contribution is 2.25. The van der Waals surface area contributed by atoms with Gasteiger partial charge in [-0.1, -0.05) is 19.1 Å². The second-order valence-electron chi connectivity index (χ2n) is 5.27.